The summed E-state index contributed by atoms with van der Waals surface area (Å²) in [4.78, 5) is 11.5. The van der Waals surface area contributed by atoms with Gasteiger partial charge in [0.25, 0.3) is 0 Å². The van der Waals surface area contributed by atoms with Crippen molar-refractivity contribution in [3.8, 4) is 17.2 Å². The van der Waals surface area contributed by atoms with E-state index in [0.717, 1.165) is 15.7 Å². The van der Waals surface area contributed by atoms with Crippen molar-refractivity contribution in [1.29, 1.82) is 0 Å². The highest BCUT2D eigenvalue weighted by atomic mass is 79.9. The zero-order valence-corrected chi connectivity index (χ0v) is 13.9. The average molecular weight is 356 g/mol. The first-order valence-electron chi connectivity index (χ1n) is 6.55. The summed E-state index contributed by atoms with van der Waals surface area (Å²) in [6, 6.07) is 1.85. The van der Waals surface area contributed by atoms with Crippen molar-refractivity contribution < 1.29 is 19.0 Å². The molecule has 1 fully saturated rings. The molecule has 1 aromatic rings. The lowest BCUT2D eigenvalue weighted by molar-refractivity contribution is -0.119. The number of benzene rings is 1. The number of ether oxygens (including phenoxy) is 3. The molecule has 0 radical (unpaired) electrons. The van der Waals surface area contributed by atoms with Gasteiger partial charge in [0.15, 0.2) is 11.5 Å². The van der Waals surface area contributed by atoms with Crippen LogP contribution in [0.4, 0.5) is 0 Å². The molecular weight excluding hydrogens is 338 g/mol. The first kappa shape index (κ1) is 15.7. The number of allylic oxidation sites excluding steroid dienone is 1. The second-order valence-corrected chi connectivity index (χ2v) is 5.40. The minimum Gasteiger partial charge on any atom is -0.493 e. The van der Waals surface area contributed by atoms with Gasteiger partial charge in [0.05, 0.1) is 25.8 Å². The van der Waals surface area contributed by atoms with Crippen molar-refractivity contribution in [2.45, 2.75) is 12.8 Å². The van der Waals surface area contributed by atoms with Crippen LogP contribution in [0.5, 0.6) is 17.2 Å². The Labute approximate surface area is 132 Å². The number of carbonyl (C=O) groups excluding carboxylic acids is 1. The topological polar surface area (TPSA) is 56.8 Å². The number of hydrogen-bond acceptors (Lipinski definition) is 5. The maximum Gasteiger partial charge on any atom is 0.204 e. The third kappa shape index (κ3) is 3.32. The number of piperidine rings is 1. The van der Waals surface area contributed by atoms with E-state index in [1.54, 1.807) is 21.3 Å². The summed E-state index contributed by atoms with van der Waals surface area (Å²) in [6.45, 7) is 0.673. The Morgan fingerprint density at radius 3 is 2.48 bits per heavy atom. The Kier molecular flexibility index (Phi) is 5.12. The van der Waals surface area contributed by atoms with Crippen LogP contribution < -0.4 is 19.5 Å². The summed E-state index contributed by atoms with van der Waals surface area (Å²) in [7, 11) is 4.71. The average Bonchev–Trinajstić information content (AvgIpc) is 2.48. The van der Waals surface area contributed by atoms with E-state index in [2.05, 4.69) is 21.2 Å². The van der Waals surface area contributed by atoms with Gasteiger partial charge >= 0.3 is 0 Å². The van der Waals surface area contributed by atoms with Gasteiger partial charge in [-0.05, 0) is 33.6 Å². The molecule has 0 amide bonds. The molecule has 0 bridgehead atoms. The highest BCUT2D eigenvalue weighted by Crippen LogP contribution is 2.45. The van der Waals surface area contributed by atoms with Crippen molar-refractivity contribution in [2.24, 2.45) is 0 Å². The minimum absolute atomic E-state index is 0.239. The first-order chi connectivity index (χ1) is 10.1. The lowest BCUT2D eigenvalue weighted by atomic mass is 10.0. The highest BCUT2D eigenvalue weighted by Gasteiger charge is 2.19. The van der Waals surface area contributed by atoms with E-state index in [1.165, 1.54) is 0 Å². The molecule has 114 valence electrons. The zero-order valence-electron chi connectivity index (χ0n) is 12.3. The molecule has 0 atom stereocenters. The van der Waals surface area contributed by atoms with Gasteiger partial charge in [0.2, 0.25) is 5.75 Å². The Bertz CT molecular complexity index is 584. The number of rotatable bonds is 4. The molecule has 0 saturated carbocycles. The van der Waals surface area contributed by atoms with Gasteiger partial charge in [-0.1, -0.05) is 0 Å². The van der Waals surface area contributed by atoms with Crippen LogP contribution in [0.2, 0.25) is 0 Å². The van der Waals surface area contributed by atoms with Crippen LogP contribution in [0.1, 0.15) is 18.4 Å². The molecule has 1 aromatic carbocycles. The van der Waals surface area contributed by atoms with Gasteiger partial charge in [0, 0.05) is 25.1 Å². The van der Waals surface area contributed by atoms with Crippen molar-refractivity contribution in [3.63, 3.8) is 0 Å². The largest absolute Gasteiger partial charge is 0.493 e. The van der Waals surface area contributed by atoms with Crippen LogP contribution in [-0.4, -0.2) is 33.7 Å². The predicted octanol–water partition coefficient (Wildman–Crippen LogP) is 2.77. The summed E-state index contributed by atoms with van der Waals surface area (Å²) < 4.78 is 16.8. The smallest absolute Gasteiger partial charge is 0.204 e. The Morgan fingerprint density at radius 2 is 1.90 bits per heavy atom. The predicted molar refractivity (Wildman–Crippen MR) is 84.0 cm³/mol. The first-order valence-corrected chi connectivity index (χ1v) is 7.34. The molecule has 1 saturated heterocycles. The van der Waals surface area contributed by atoms with Crippen LogP contribution in [0.15, 0.2) is 16.2 Å². The minimum atomic E-state index is 0.239. The van der Waals surface area contributed by atoms with Crippen LogP contribution in [0.25, 0.3) is 6.08 Å². The zero-order chi connectivity index (χ0) is 15.4. The summed E-state index contributed by atoms with van der Waals surface area (Å²) in [5.41, 5.74) is 1.75. The normalized spacial score (nSPS) is 16.6. The van der Waals surface area contributed by atoms with Gasteiger partial charge in [-0.25, -0.2) is 0 Å². The Morgan fingerprint density at radius 1 is 1.19 bits per heavy atom. The van der Waals surface area contributed by atoms with Crippen molar-refractivity contribution >= 4 is 27.8 Å². The summed E-state index contributed by atoms with van der Waals surface area (Å²) in [5, 5.41) is 3.24. The standard InChI is InChI=1S/C15H18BrNO4/c1-19-12-7-9(6-10-8-11(18)4-5-17-10)13(16)15(21-3)14(12)20-2/h6-7,17H,4-5,8H2,1-3H3. The SMILES string of the molecule is COc1cc(C=C2CC(=O)CCN2)c(Br)c(OC)c1OC. The van der Waals surface area contributed by atoms with Gasteiger partial charge in [-0.2, -0.15) is 0 Å². The molecule has 5 nitrogen and oxygen atoms in total. The molecule has 6 heteroatoms. The van der Waals surface area contributed by atoms with E-state index in [1.807, 2.05) is 12.1 Å². The van der Waals surface area contributed by atoms with Crippen molar-refractivity contribution in [2.75, 3.05) is 27.9 Å². The summed E-state index contributed by atoms with van der Waals surface area (Å²) in [5.74, 6) is 1.91. The molecule has 1 heterocycles. The van der Waals surface area contributed by atoms with Gasteiger partial charge in [-0.3, -0.25) is 4.79 Å². The number of nitrogens with one attached hydrogen (secondary N) is 1. The van der Waals surface area contributed by atoms with Crippen LogP contribution in [-0.2, 0) is 4.79 Å². The summed E-state index contributed by atoms with van der Waals surface area (Å²) in [6.07, 6.45) is 2.92. The Balaban J connectivity index is 2.48. The third-order valence-corrected chi connectivity index (χ3v) is 4.09. The van der Waals surface area contributed by atoms with Crippen molar-refractivity contribution in [3.05, 3.63) is 21.8 Å². The molecule has 21 heavy (non-hydrogen) atoms. The number of ketones is 1. The fraction of sp³-hybridized carbons (Fsp3) is 0.400. The molecule has 0 unspecified atom stereocenters. The molecule has 1 aliphatic heterocycles. The van der Waals surface area contributed by atoms with Gasteiger partial charge < -0.3 is 19.5 Å². The number of Topliss-reactive ketones (excluding diaryl/α,β-unsaturated/α-hetero) is 1. The monoisotopic (exact) mass is 355 g/mol. The molecule has 1 aliphatic rings. The van der Waals surface area contributed by atoms with E-state index in [4.69, 9.17) is 14.2 Å². The number of halogens is 1. The highest BCUT2D eigenvalue weighted by molar-refractivity contribution is 9.10. The van der Waals surface area contributed by atoms with E-state index >= 15 is 0 Å². The maximum atomic E-state index is 11.5. The fourth-order valence-corrected chi connectivity index (χ4v) is 2.83. The van der Waals surface area contributed by atoms with Crippen LogP contribution >= 0.6 is 15.9 Å². The van der Waals surface area contributed by atoms with E-state index < -0.39 is 0 Å². The van der Waals surface area contributed by atoms with Crippen LogP contribution in [0, 0.1) is 0 Å². The molecule has 0 aromatic heterocycles. The second-order valence-electron chi connectivity index (χ2n) is 4.61. The fourth-order valence-electron chi connectivity index (χ4n) is 2.26. The van der Waals surface area contributed by atoms with E-state index in [-0.39, 0.29) is 5.78 Å². The Hall–Kier alpha value is -1.69. The molecule has 0 aliphatic carbocycles. The second kappa shape index (κ2) is 6.85. The van der Waals surface area contributed by atoms with E-state index in [9.17, 15) is 4.79 Å². The van der Waals surface area contributed by atoms with Crippen LogP contribution in [0.3, 0.4) is 0 Å². The lowest BCUT2D eigenvalue weighted by Crippen LogP contribution is -2.25. The maximum absolute atomic E-state index is 11.5. The molecule has 2 rings (SSSR count). The van der Waals surface area contributed by atoms with Gasteiger partial charge in [0.1, 0.15) is 5.78 Å². The number of carbonyl (C=O) groups is 1. The van der Waals surface area contributed by atoms with E-state index in [0.29, 0.717) is 36.6 Å². The third-order valence-electron chi connectivity index (χ3n) is 3.27. The molecule has 0 spiro atoms. The van der Waals surface area contributed by atoms with Gasteiger partial charge in [-0.15, -0.1) is 0 Å². The number of methoxy groups -OCH3 is 3. The lowest BCUT2D eigenvalue weighted by Gasteiger charge is -2.18. The molecular formula is C15H18BrNO4. The van der Waals surface area contributed by atoms with Crippen molar-refractivity contribution in [1.82, 2.24) is 5.32 Å². The molecule has 1 N–H and O–H groups in total. The summed E-state index contributed by atoms with van der Waals surface area (Å²) >= 11 is 3.52. The number of hydrogen-bond donors (Lipinski definition) is 1. The quantitative estimate of drug-likeness (QED) is 0.899.